The molecular formula is C20H22N2O4S. The Kier molecular flexibility index (Phi) is 6.49. The van der Waals surface area contributed by atoms with Gasteiger partial charge >= 0.3 is 5.97 Å². The molecule has 27 heavy (non-hydrogen) atoms. The Labute approximate surface area is 163 Å². The van der Waals surface area contributed by atoms with Gasteiger partial charge in [-0.15, -0.1) is 0 Å². The van der Waals surface area contributed by atoms with Gasteiger partial charge in [0.15, 0.2) is 16.6 Å². The summed E-state index contributed by atoms with van der Waals surface area (Å²) in [5.41, 5.74) is 2.09. The Bertz CT molecular complexity index is 808. The van der Waals surface area contributed by atoms with E-state index in [4.69, 9.17) is 26.4 Å². The zero-order chi connectivity index (χ0) is 19.1. The number of esters is 1. The number of ether oxygens (including phenoxy) is 3. The molecule has 0 amide bonds. The molecule has 0 saturated heterocycles. The SMILES string of the molecule is CCCCOC(=O)c1ccc(NC(=S)Nc2ccc3c(c2)OCCO3)cc1. The average molecular weight is 386 g/mol. The quantitative estimate of drug-likeness (QED) is 0.437. The molecular weight excluding hydrogens is 364 g/mol. The maximum atomic E-state index is 11.9. The van der Waals surface area contributed by atoms with E-state index >= 15 is 0 Å². The number of hydrogen-bond donors (Lipinski definition) is 2. The van der Waals surface area contributed by atoms with E-state index in [2.05, 4.69) is 17.6 Å². The van der Waals surface area contributed by atoms with Gasteiger partial charge in [-0.1, -0.05) is 13.3 Å². The maximum absolute atomic E-state index is 11.9. The van der Waals surface area contributed by atoms with Crippen LogP contribution in [0.1, 0.15) is 30.1 Å². The summed E-state index contributed by atoms with van der Waals surface area (Å²) in [6.07, 6.45) is 1.86. The van der Waals surface area contributed by atoms with Gasteiger partial charge in [-0.05, 0) is 55.0 Å². The monoisotopic (exact) mass is 386 g/mol. The van der Waals surface area contributed by atoms with Crippen molar-refractivity contribution in [3.05, 3.63) is 48.0 Å². The van der Waals surface area contributed by atoms with E-state index in [1.807, 2.05) is 18.2 Å². The van der Waals surface area contributed by atoms with E-state index in [1.165, 1.54) is 0 Å². The first kappa shape index (κ1) is 19.0. The number of rotatable bonds is 6. The fourth-order valence-corrected chi connectivity index (χ4v) is 2.73. The molecule has 0 aromatic heterocycles. The van der Waals surface area contributed by atoms with Crippen LogP contribution in [-0.2, 0) is 4.74 Å². The molecule has 0 aliphatic carbocycles. The van der Waals surface area contributed by atoms with Crippen molar-refractivity contribution < 1.29 is 19.0 Å². The van der Waals surface area contributed by atoms with Crippen molar-refractivity contribution in [3.8, 4) is 11.5 Å². The molecule has 1 heterocycles. The number of unbranched alkanes of at least 4 members (excludes halogenated alkanes) is 1. The van der Waals surface area contributed by atoms with Gasteiger partial charge in [0.1, 0.15) is 13.2 Å². The Balaban J connectivity index is 1.54. The molecule has 0 unspecified atom stereocenters. The fraction of sp³-hybridized carbons (Fsp3) is 0.300. The van der Waals surface area contributed by atoms with Crippen molar-refractivity contribution >= 4 is 34.7 Å². The molecule has 3 rings (SSSR count). The number of anilines is 2. The summed E-state index contributed by atoms with van der Waals surface area (Å²) >= 11 is 5.34. The minimum absolute atomic E-state index is 0.313. The molecule has 1 aliphatic rings. The van der Waals surface area contributed by atoms with Crippen LogP contribution >= 0.6 is 12.2 Å². The van der Waals surface area contributed by atoms with Crippen LogP contribution in [0.25, 0.3) is 0 Å². The summed E-state index contributed by atoms with van der Waals surface area (Å²) in [4.78, 5) is 11.9. The fourth-order valence-electron chi connectivity index (χ4n) is 2.50. The Morgan fingerprint density at radius 2 is 1.70 bits per heavy atom. The number of hydrogen-bond acceptors (Lipinski definition) is 5. The molecule has 0 fully saturated rings. The Hall–Kier alpha value is -2.80. The molecule has 0 spiro atoms. The number of carbonyl (C=O) groups is 1. The molecule has 0 radical (unpaired) electrons. The van der Waals surface area contributed by atoms with Crippen LogP contribution in [0.2, 0.25) is 0 Å². The lowest BCUT2D eigenvalue weighted by Crippen LogP contribution is -2.20. The zero-order valence-corrected chi connectivity index (χ0v) is 15.9. The van der Waals surface area contributed by atoms with Gasteiger partial charge in [-0.3, -0.25) is 0 Å². The van der Waals surface area contributed by atoms with Gasteiger partial charge in [0.05, 0.1) is 12.2 Å². The van der Waals surface area contributed by atoms with Crippen LogP contribution in [0, 0.1) is 0 Å². The third-order valence-electron chi connectivity index (χ3n) is 3.91. The minimum atomic E-state index is -0.313. The van der Waals surface area contributed by atoms with E-state index in [9.17, 15) is 4.79 Å². The van der Waals surface area contributed by atoms with Crippen LogP contribution in [0.4, 0.5) is 11.4 Å². The second-order valence-electron chi connectivity index (χ2n) is 6.00. The van der Waals surface area contributed by atoms with Crippen LogP contribution < -0.4 is 20.1 Å². The van der Waals surface area contributed by atoms with E-state index in [0.29, 0.717) is 36.2 Å². The number of fused-ring (bicyclic) bond motifs is 1. The van der Waals surface area contributed by atoms with Crippen LogP contribution in [0.3, 0.4) is 0 Å². The summed E-state index contributed by atoms with van der Waals surface area (Å²) in [5, 5.41) is 6.63. The predicted molar refractivity (Wildman–Crippen MR) is 109 cm³/mol. The topological polar surface area (TPSA) is 68.8 Å². The van der Waals surface area contributed by atoms with Gasteiger partial charge in [0.2, 0.25) is 0 Å². The molecule has 0 atom stereocenters. The lowest BCUT2D eigenvalue weighted by atomic mass is 10.2. The normalized spacial score (nSPS) is 12.2. The molecule has 2 aromatic rings. The second-order valence-corrected chi connectivity index (χ2v) is 6.41. The Morgan fingerprint density at radius 1 is 1.04 bits per heavy atom. The molecule has 2 aromatic carbocycles. The highest BCUT2D eigenvalue weighted by Gasteiger charge is 2.12. The Morgan fingerprint density at radius 3 is 2.44 bits per heavy atom. The molecule has 142 valence electrons. The number of thiocarbonyl (C=S) groups is 1. The number of benzene rings is 2. The zero-order valence-electron chi connectivity index (χ0n) is 15.1. The average Bonchev–Trinajstić information content (AvgIpc) is 2.68. The molecule has 0 saturated carbocycles. The maximum Gasteiger partial charge on any atom is 0.338 e. The van der Waals surface area contributed by atoms with Gasteiger partial charge in [0, 0.05) is 17.4 Å². The van der Waals surface area contributed by atoms with E-state index in [0.717, 1.165) is 30.0 Å². The largest absolute Gasteiger partial charge is 0.486 e. The molecule has 7 heteroatoms. The summed E-state index contributed by atoms with van der Waals surface area (Å²) in [6.45, 7) is 3.59. The van der Waals surface area contributed by atoms with Crippen LogP contribution in [0.15, 0.2) is 42.5 Å². The first-order chi connectivity index (χ1) is 13.2. The highest BCUT2D eigenvalue weighted by molar-refractivity contribution is 7.80. The summed E-state index contributed by atoms with van der Waals surface area (Å²) in [5.74, 6) is 1.11. The second kappa shape index (κ2) is 9.23. The van der Waals surface area contributed by atoms with E-state index in [1.54, 1.807) is 24.3 Å². The van der Waals surface area contributed by atoms with Gasteiger partial charge < -0.3 is 24.8 Å². The molecule has 1 aliphatic heterocycles. The van der Waals surface area contributed by atoms with Gasteiger partial charge in [-0.2, -0.15) is 0 Å². The summed E-state index contributed by atoms with van der Waals surface area (Å²) in [6, 6.07) is 12.6. The van der Waals surface area contributed by atoms with Gasteiger partial charge in [0.25, 0.3) is 0 Å². The lowest BCUT2D eigenvalue weighted by Gasteiger charge is -2.19. The molecule has 0 bridgehead atoms. The van der Waals surface area contributed by atoms with Crippen molar-refractivity contribution in [1.29, 1.82) is 0 Å². The standard InChI is InChI=1S/C20H22N2O4S/c1-2-3-10-26-19(23)14-4-6-15(7-5-14)21-20(27)22-16-8-9-17-18(13-16)25-12-11-24-17/h4-9,13H,2-3,10-12H2,1H3,(H2,21,22,27). The van der Waals surface area contributed by atoms with Crippen LogP contribution in [0.5, 0.6) is 11.5 Å². The van der Waals surface area contributed by atoms with E-state index < -0.39 is 0 Å². The van der Waals surface area contributed by atoms with Crippen molar-refractivity contribution in [2.45, 2.75) is 19.8 Å². The smallest absolute Gasteiger partial charge is 0.338 e. The first-order valence-corrected chi connectivity index (χ1v) is 9.31. The van der Waals surface area contributed by atoms with Crippen molar-refractivity contribution in [2.24, 2.45) is 0 Å². The number of nitrogens with one attached hydrogen (secondary N) is 2. The summed E-state index contributed by atoms with van der Waals surface area (Å²) in [7, 11) is 0. The predicted octanol–water partition coefficient (Wildman–Crippen LogP) is 4.22. The molecule has 2 N–H and O–H groups in total. The highest BCUT2D eigenvalue weighted by atomic mass is 32.1. The first-order valence-electron chi connectivity index (χ1n) is 8.90. The van der Waals surface area contributed by atoms with Crippen LogP contribution in [-0.4, -0.2) is 30.9 Å². The third kappa shape index (κ3) is 5.34. The van der Waals surface area contributed by atoms with E-state index in [-0.39, 0.29) is 5.97 Å². The van der Waals surface area contributed by atoms with Gasteiger partial charge in [-0.25, -0.2) is 4.79 Å². The summed E-state index contributed by atoms with van der Waals surface area (Å²) < 4.78 is 16.3. The third-order valence-corrected chi connectivity index (χ3v) is 4.11. The van der Waals surface area contributed by atoms with Crippen molar-refractivity contribution in [3.63, 3.8) is 0 Å². The number of carbonyl (C=O) groups excluding carboxylic acids is 1. The van der Waals surface area contributed by atoms with Crippen molar-refractivity contribution in [1.82, 2.24) is 0 Å². The lowest BCUT2D eigenvalue weighted by molar-refractivity contribution is 0.0500. The minimum Gasteiger partial charge on any atom is -0.486 e. The molecule has 6 nitrogen and oxygen atoms in total. The highest BCUT2D eigenvalue weighted by Crippen LogP contribution is 2.32. The van der Waals surface area contributed by atoms with Crippen molar-refractivity contribution in [2.75, 3.05) is 30.5 Å².